The van der Waals surface area contributed by atoms with Crippen molar-refractivity contribution in [2.45, 2.75) is 109 Å². The van der Waals surface area contributed by atoms with Crippen molar-refractivity contribution in [2.75, 3.05) is 14.2 Å². The lowest BCUT2D eigenvalue weighted by molar-refractivity contribution is -0.121. The predicted molar refractivity (Wildman–Crippen MR) is 165 cm³/mol. The Labute approximate surface area is 241 Å². The molecule has 0 radical (unpaired) electrons. The minimum absolute atomic E-state index is 0.00647. The number of fused-ring (bicyclic) bond motifs is 1. The molecule has 1 amide bonds. The molecule has 2 unspecified atom stereocenters. The molecule has 3 rings (SSSR count). The third-order valence-corrected chi connectivity index (χ3v) is 8.71. The monoisotopic (exact) mass is 552 g/mol. The predicted octanol–water partition coefficient (Wildman–Crippen LogP) is 7.95. The summed E-state index contributed by atoms with van der Waals surface area (Å²) < 4.78 is 10.9. The molecule has 0 spiro atoms. The average molecular weight is 553 g/mol. The quantitative estimate of drug-likeness (QED) is 0.133. The molecule has 6 heteroatoms. The van der Waals surface area contributed by atoms with Crippen molar-refractivity contribution >= 4 is 23.1 Å². The van der Waals surface area contributed by atoms with E-state index >= 15 is 0 Å². The van der Waals surface area contributed by atoms with Crippen LogP contribution in [0.5, 0.6) is 11.5 Å². The van der Waals surface area contributed by atoms with Crippen LogP contribution in [0.2, 0.25) is 0 Å². The van der Waals surface area contributed by atoms with E-state index in [4.69, 9.17) is 21.7 Å². The number of methoxy groups -OCH3 is 2. The standard InChI is InChI=1S/C33H48N2O3S/c1-5-6-7-8-9-10-15-32(39)35-34-31(36)14-12-11-13-30-29-21-20-28(38-4)24-25(29)22-23-33(30,2)26-16-18-27(37-3)19-17-26/h16-21,24,30H,5-15,22-23H2,1-4H3,(H,34,36)(H,35,39). The highest BCUT2D eigenvalue weighted by atomic mass is 32.1. The number of unbranched alkanes of at least 4 members (excludes halogenated alkanes) is 6. The zero-order valence-electron chi connectivity index (χ0n) is 24.4. The number of rotatable bonds is 15. The van der Waals surface area contributed by atoms with Gasteiger partial charge in [-0.05, 0) is 90.8 Å². The summed E-state index contributed by atoms with van der Waals surface area (Å²) >= 11 is 5.39. The van der Waals surface area contributed by atoms with Crippen molar-refractivity contribution in [3.63, 3.8) is 0 Å². The number of nitrogens with one attached hydrogen (secondary N) is 2. The average Bonchev–Trinajstić information content (AvgIpc) is 2.96. The molecule has 0 saturated heterocycles. The van der Waals surface area contributed by atoms with Crippen LogP contribution in [-0.4, -0.2) is 25.1 Å². The number of benzene rings is 2. The Kier molecular flexibility index (Phi) is 12.6. The molecule has 5 nitrogen and oxygen atoms in total. The molecule has 0 fully saturated rings. The third-order valence-electron chi connectivity index (χ3n) is 8.40. The maximum atomic E-state index is 12.5. The van der Waals surface area contributed by atoms with Gasteiger partial charge < -0.3 is 9.47 Å². The Hall–Kier alpha value is -2.60. The van der Waals surface area contributed by atoms with E-state index in [1.165, 1.54) is 48.8 Å². The summed E-state index contributed by atoms with van der Waals surface area (Å²) in [4.78, 5) is 13.2. The van der Waals surface area contributed by atoms with E-state index < -0.39 is 0 Å². The number of carbonyl (C=O) groups is 1. The first kappa shape index (κ1) is 30.9. The topological polar surface area (TPSA) is 59.6 Å². The molecule has 1 aliphatic rings. The van der Waals surface area contributed by atoms with Crippen LogP contribution < -0.4 is 20.3 Å². The van der Waals surface area contributed by atoms with E-state index in [1.54, 1.807) is 14.2 Å². The SMILES string of the molecule is CCCCCCCCC(=S)NNC(=O)CCCCC1c2ccc(OC)cc2CCC1(C)c1ccc(OC)cc1. The van der Waals surface area contributed by atoms with Gasteiger partial charge in [0.2, 0.25) is 5.91 Å². The molecule has 0 saturated carbocycles. The summed E-state index contributed by atoms with van der Waals surface area (Å²) in [7, 11) is 3.43. The lowest BCUT2D eigenvalue weighted by Crippen LogP contribution is -2.40. The van der Waals surface area contributed by atoms with Gasteiger partial charge in [0.1, 0.15) is 11.5 Å². The number of thiocarbonyl (C=S) groups is 1. The summed E-state index contributed by atoms with van der Waals surface area (Å²) in [5, 5.41) is 0. The maximum Gasteiger partial charge on any atom is 0.238 e. The highest BCUT2D eigenvalue weighted by molar-refractivity contribution is 7.80. The molecule has 1 aliphatic carbocycles. The molecule has 2 aromatic rings. The van der Waals surface area contributed by atoms with Gasteiger partial charge in [-0.2, -0.15) is 0 Å². The molecular formula is C33H48N2O3S. The Balaban J connectivity index is 1.53. The molecule has 39 heavy (non-hydrogen) atoms. The molecule has 2 aromatic carbocycles. The number of hydrazine groups is 1. The van der Waals surface area contributed by atoms with Gasteiger partial charge in [0.15, 0.2) is 0 Å². The van der Waals surface area contributed by atoms with Crippen molar-refractivity contribution in [1.82, 2.24) is 10.9 Å². The Bertz CT molecular complexity index is 1060. The lowest BCUT2D eigenvalue weighted by atomic mass is 9.60. The fourth-order valence-corrected chi connectivity index (χ4v) is 6.13. The van der Waals surface area contributed by atoms with E-state index in [9.17, 15) is 4.79 Å². The smallest absolute Gasteiger partial charge is 0.238 e. The van der Waals surface area contributed by atoms with Gasteiger partial charge in [-0.1, -0.05) is 82.8 Å². The van der Waals surface area contributed by atoms with Crippen LogP contribution in [0.4, 0.5) is 0 Å². The molecular weight excluding hydrogens is 504 g/mol. The zero-order chi connectivity index (χ0) is 28.1. The highest BCUT2D eigenvalue weighted by Crippen LogP contribution is 2.50. The van der Waals surface area contributed by atoms with Crippen LogP contribution >= 0.6 is 12.2 Å². The third kappa shape index (κ3) is 8.96. The summed E-state index contributed by atoms with van der Waals surface area (Å²) in [6.07, 6.45) is 13.7. The molecule has 0 heterocycles. The fourth-order valence-electron chi connectivity index (χ4n) is 5.93. The van der Waals surface area contributed by atoms with Gasteiger partial charge in [-0.25, -0.2) is 0 Å². The second-order valence-electron chi connectivity index (χ2n) is 11.1. The van der Waals surface area contributed by atoms with Gasteiger partial charge in [-0.3, -0.25) is 15.6 Å². The van der Waals surface area contributed by atoms with E-state index in [2.05, 4.69) is 67.2 Å². The van der Waals surface area contributed by atoms with Crippen LogP contribution in [0.25, 0.3) is 0 Å². The Morgan fingerprint density at radius 1 is 0.897 bits per heavy atom. The molecule has 0 bridgehead atoms. The largest absolute Gasteiger partial charge is 0.497 e. The van der Waals surface area contributed by atoms with Crippen LogP contribution in [0.1, 0.15) is 114 Å². The lowest BCUT2D eigenvalue weighted by Gasteiger charge is -2.44. The zero-order valence-corrected chi connectivity index (χ0v) is 25.3. The first-order valence-corrected chi connectivity index (χ1v) is 15.2. The first-order valence-electron chi connectivity index (χ1n) is 14.8. The minimum atomic E-state index is 0.00647. The first-order chi connectivity index (χ1) is 18.9. The van der Waals surface area contributed by atoms with E-state index in [1.807, 2.05) is 0 Å². The number of aryl methyl sites for hydroxylation is 1. The fraction of sp³-hybridized carbons (Fsp3) is 0.576. The van der Waals surface area contributed by atoms with Crippen LogP contribution in [0.3, 0.4) is 0 Å². The molecule has 2 atom stereocenters. The van der Waals surface area contributed by atoms with Gasteiger partial charge in [0.05, 0.1) is 19.2 Å². The number of ether oxygens (including phenoxy) is 2. The van der Waals surface area contributed by atoms with Gasteiger partial charge in [0, 0.05) is 6.42 Å². The highest BCUT2D eigenvalue weighted by Gasteiger charge is 2.40. The van der Waals surface area contributed by atoms with Crippen LogP contribution in [-0.2, 0) is 16.6 Å². The summed E-state index contributed by atoms with van der Waals surface area (Å²) in [6, 6.07) is 15.1. The summed E-state index contributed by atoms with van der Waals surface area (Å²) in [5.41, 5.74) is 9.91. The summed E-state index contributed by atoms with van der Waals surface area (Å²) in [5.74, 6) is 2.17. The van der Waals surface area contributed by atoms with E-state index in [0.717, 1.165) is 61.4 Å². The van der Waals surface area contributed by atoms with Crippen molar-refractivity contribution in [3.05, 3.63) is 59.2 Å². The van der Waals surface area contributed by atoms with Gasteiger partial charge >= 0.3 is 0 Å². The van der Waals surface area contributed by atoms with E-state index in [-0.39, 0.29) is 11.3 Å². The second kappa shape index (κ2) is 15.9. The molecule has 0 aromatic heterocycles. The number of hydrogen-bond donors (Lipinski definition) is 2. The number of amides is 1. The van der Waals surface area contributed by atoms with Gasteiger partial charge in [-0.15, -0.1) is 0 Å². The maximum absolute atomic E-state index is 12.5. The van der Waals surface area contributed by atoms with Crippen LogP contribution in [0.15, 0.2) is 42.5 Å². The molecule has 0 aliphatic heterocycles. The van der Waals surface area contributed by atoms with Crippen molar-refractivity contribution in [3.8, 4) is 11.5 Å². The second-order valence-corrected chi connectivity index (χ2v) is 11.6. The Morgan fingerprint density at radius 2 is 1.56 bits per heavy atom. The number of hydrogen-bond acceptors (Lipinski definition) is 4. The van der Waals surface area contributed by atoms with Crippen molar-refractivity contribution < 1.29 is 14.3 Å². The Morgan fingerprint density at radius 3 is 2.28 bits per heavy atom. The molecule has 2 N–H and O–H groups in total. The van der Waals surface area contributed by atoms with Crippen molar-refractivity contribution in [2.24, 2.45) is 0 Å². The van der Waals surface area contributed by atoms with E-state index in [0.29, 0.717) is 12.3 Å². The normalized spacial score (nSPS) is 18.2. The number of carbonyl (C=O) groups excluding carboxylic acids is 1. The minimum Gasteiger partial charge on any atom is -0.497 e. The summed E-state index contributed by atoms with van der Waals surface area (Å²) in [6.45, 7) is 4.63. The molecule has 214 valence electrons. The van der Waals surface area contributed by atoms with Crippen molar-refractivity contribution in [1.29, 1.82) is 0 Å². The van der Waals surface area contributed by atoms with Gasteiger partial charge in [0.25, 0.3) is 0 Å². The van der Waals surface area contributed by atoms with Crippen LogP contribution in [0, 0.1) is 0 Å².